The number of aromatic nitrogens is 4. The summed E-state index contributed by atoms with van der Waals surface area (Å²) in [5.74, 6) is -1.07. The van der Waals surface area contributed by atoms with Gasteiger partial charge in [0, 0.05) is 36.1 Å². The SMILES string of the molecule is CCCCCC(C)(C)C(=O)SCCNC(=O)CCNC(=O)[C@H](O)C(C)(C)COP(=O)(O)OP(=O)(O)OC[C@H]1O[C@@H](n2cnc3c(N)ncnc32)[C@H](O)[C@@H]1OP(=O)(O)O. The number of nitrogens with one attached hydrogen (secondary N) is 2. The van der Waals surface area contributed by atoms with Crippen molar-refractivity contribution in [3.63, 3.8) is 0 Å². The summed E-state index contributed by atoms with van der Waals surface area (Å²) in [7, 11) is -16.4. The summed E-state index contributed by atoms with van der Waals surface area (Å²) < 4.78 is 62.2. The molecule has 330 valence electrons. The minimum atomic E-state index is -5.57. The van der Waals surface area contributed by atoms with Crippen molar-refractivity contribution in [3.05, 3.63) is 12.7 Å². The highest BCUT2D eigenvalue weighted by atomic mass is 32.2. The van der Waals surface area contributed by atoms with E-state index in [0.717, 1.165) is 54.7 Å². The van der Waals surface area contributed by atoms with Crippen LogP contribution in [0.3, 0.4) is 0 Å². The van der Waals surface area contributed by atoms with Crippen molar-refractivity contribution in [1.29, 1.82) is 0 Å². The molecule has 1 aliphatic heterocycles. The first-order valence-corrected chi connectivity index (χ1v) is 23.4. The Morgan fingerprint density at radius 3 is 2.34 bits per heavy atom. The summed E-state index contributed by atoms with van der Waals surface area (Å²) in [4.78, 5) is 88.4. The summed E-state index contributed by atoms with van der Waals surface area (Å²) in [5, 5.41) is 26.5. The summed E-state index contributed by atoms with van der Waals surface area (Å²) >= 11 is 1.14. The Labute approximate surface area is 337 Å². The molecule has 2 aromatic rings. The Kier molecular flexibility index (Phi) is 18.0. The van der Waals surface area contributed by atoms with Crippen LogP contribution in [-0.2, 0) is 50.7 Å². The van der Waals surface area contributed by atoms with Crippen LogP contribution in [0, 0.1) is 10.8 Å². The highest BCUT2D eigenvalue weighted by molar-refractivity contribution is 8.13. The van der Waals surface area contributed by atoms with Crippen LogP contribution in [0.1, 0.15) is 73.0 Å². The number of unbranched alkanes of at least 4 members (excludes halogenated alkanes) is 2. The quantitative estimate of drug-likeness (QED) is 0.0529. The van der Waals surface area contributed by atoms with Gasteiger partial charge in [0.15, 0.2) is 22.8 Å². The zero-order valence-corrected chi connectivity index (χ0v) is 35.9. The van der Waals surface area contributed by atoms with Crippen molar-refractivity contribution in [1.82, 2.24) is 30.2 Å². The lowest BCUT2D eigenvalue weighted by Gasteiger charge is -2.30. The Bertz CT molecular complexity index is 1880. The monoisotopic (exact) mass is 907 g/mol. The van der Waals surface area contributed by atoms with Gasteiger partial charge in [0.2, 0.25) is 11.8 Å². The molecule has 1 aliphatic rings. The third-order valence-electron chi connectivity index (χ3n) is 8.69. The van der Waals surface area contributed by atoms with E-state index in [1.54, 1.807) is 0 Å². The number of rotatable bonds is 24. The number of nitrogen functional groups attached to an aromatic ring is 1. The number of fused-ring (bicyclic) bond motifs is 1. The van der Waals surface area contributed by atoms with Crippen LogP contribution in [0.15, 0.2) is 12.7 Å². The van der Waals surface area contributed by atoms with Gasteiger partial charge in [0.1, 0.15) is 36.3 Å². The zero-order valence-electron chi connectivity index (χ0n) is 32.4. The van der Waals surface area contributed by atoms with Gasteiger partial charge in [-0.1, -0.05) is 65.6 Å². The molecule has 2 unspecified atom stereocenters. The van der Waals surface area contributed by atoms with Crippen LogP contribution in [0.5, 0.6) is 0 Å². The van der Waals surface area contributed by atoms with Crippen molar-refractivity contribution in [2.75, 3.05) is 37.8 Å². The van der Waals surface area contributed by atoms with Gasteiger partial charge in [-0.15, -0.1) is 0 Å². The second-order valence-corrected chi connectivity index (χ2v) is 19.8. The predicted molar refractivity (Wildman–Crippen MR) is 205 cm³/mol. The molecule has 3 rings (SSSR count). The molecule has 1 fully saturated rings. The topological polar surface area (TPSA) is 364 Å². The van der Waals surface area contributed by atoms with E-state index in [4.69, 9.17) is 19.5 Å². The highest BCUT2D eigenvalue weighted by Gasteiger charge is 2.50. The number of nitrogens with two attached hydrogens (primary N) is 1. The number of nitrogens with zero attached hydrogens (tertiary/aromatic N) is 4. The van der Waals surface area contributed by atoms with Crippen molar-refractivity contribution in [2.45, 2.75) is 97.4 Å². The normalized spacial score (nSPS) is 21.6. The molecular formula is C30H52N7O17P3S. The molecule has 24 nitrogen and oxygen atoms in total. The highest BCUT2D eigenvalue weighted by Crippen LogP contribution is 2.61. The van der Waals surface area contributed by atoms with Gasteiger partial charge < -0.3 is 50.9 Å². The molecule has 58 heavy (non-hydrogen) atoms. The summed E-state index contributed by atoms with van der Waals surface area (Å²) in [6.45, 7) is 6.41. The Balaban J connectivity index is 1.47. The number of amides is 2. The van der Waals surface area contributed by atoms with E-state index in [-0.39, 0.29) is 41.6 Å². The van der Waals surface area contributed by atoms with E-state index >= 15 is 0 Å². The largest absolute Gasteiger partial charge is 0.481 e. The molecule has 3 heterocycles. The number of thioether (sulfide) groups is 1. The van der Waals surface area contributed by atoms with E-state index in [9.17, 15) is 57.9 Å². The molecule has 0 aromatic carbocycles. The molecule has 2 amide bonds. The first kappa shape index (κ1) is 49.9. The van der Waals surface area contributed by atoms with Gasteiger partial charge in [0.25, 0.3) is 0 Å². The standard InChI is InChI=1S/C30H52N7O17P3S/c1-6-7-8-10-29(2,3)28(42)58-13-12-32-19(38)9-11-33-26(41)23(40)30(4,5)15-51-57(48,49)54-56(46,47)50-14-18-22(53-55(43,44)45)21(39)27(52-18)37-17-36-20-24(31)34-16-35-25(20)37/h16-18,21-23,27,39-40H,6-15H2,1-5H3,(H,32,38)(H,33,41)(H,46,47)(H,48,49)(H2,31,34,35)(H2,43,44,45)/t18-,21-,22-,23+,27-/m1/s1. The van der Waals surface area contributed by atoms with Crippen LogP contribution >= 0.6 is 35.2 Å². The smallest absolute Gasteiger partial charge is 0.386 e. The van der Waals surface area contributed by atoms with Crippen LogP contribution in [0.25, 0.3) is 11.2 Å². The number of hydrogen-bond acceptors (Lipinski definition) is 18. The van der Waals surface area contributed by atoms with Gasteiger partial charge in [-0.25, -0.2) is 28.6 Å². The Hall–Kier alpha value is -2.44. The minimum absolute atomic E-state index is 0.0317. The number of anilines is 1. The zero-order chi connectivity index (χ0) is 43.7. The number of imidazole rings is 1. The van der Waals surface area contributed by atoms with E-state index in [1.165, 1.54) is 13.8 Å². The minimum Gasteiger partial charge on any atom is -0.386 e. The maximum Gasteiger partial charge on any atom is 0.481 e. The van der Waals surface area contributed by atoms with Crippen LogP contribution in [0.4, 0.5) is 5.82 Å². The fourth-order valence-electron chi connectivity index (χ4n) is 5.39. The number of aliphatic hydroxyl groups is 2. The Morgan fingerprint density at radius 2 is 1.69 bits per heavy atom. The second kappa shape index (κ2) is 20.9. The van der Waals surface area contributed by atoms with E-state index in [0.29, 0.717) is 5.75 Å². The molecule has 0 bridgehead atoms. The fraction of sp³-hybridized carbons (Fsp3) is 0.733. The fourth-order valence-corrected chi connectivity index (χ4v) is 9.10. The number of aliphatic hydroxyl groups excluding tert-OH is 2. The first-order chi connectivity index (χ1) is 26.8. The molecule has 10 N–H and O–H groups in total. The lowest BCUT2D eigenvalue weighted by atomic mass is 9.87. The van der Waals surface area contributed by atoms with Gasteiger partial charge in [-0.2, -0.15) is 4.31 Å². The lowest BCUT2D eigenvalue weighted by Crippen LogP contribution is -2.46. The lowest BCUT2D eigenvalue weighted by molar-refractivity contribution is -0.137. The summed E-state index contributed by atoms with van der Waals surface area (Å²) in [6.07, 6.45) is -3.07. The van der Waals surface area contributed by atoms with Crippen LogP contribution in [-0.4, -0.2) is 123 Å². The number of hydrogen-bond donors (Lipinski definition) is 9. The third kappa shape index (κ3) is 14.9. The van der Waals surface area contributed by atoms with Crippen molar-refractivity contribution < 1.29 is 80.5 Å². The molecule has 0 spiro atoms. The number of carbonyl (C=O) groups is 3. The second-order valence-electron chi connectivity index (χ2n) is 14.5. The molecule has 2 aromatic heterocycles. The van der Waals surface area contributed by atoms with Crippen molar-refractivity contribution in [2.24, 2.45) is 10.8 Å². The van der Waals surface area contributed by atoms with Gasteiger partial charge >= 0.3 is 23.5 Å². The van der Waals surface area contributed by atoms with E-state index < -0.39 is 90.0 Å². The average Bonchev–Trinajstić information content (AvgIpc) is 3.68. The molecule has 0 radical (unpaired) electrons. The van der Waals surface area contributed by atoms with Gasteiger partial charge in [-0.05, 0) is 6.42 Å². The summed E-state index contributed by atoms with van der Waals surface area (Å²) in [6, 6.07) is 0. The predicted octanol–water partition coefficient (Wildman–Crippen LogP) is 1.27. The van der Waals surface area contributed by atoms with Crippen molar-refractivity contribution >= 4 is 69.1 Å². The molecule has 28 heteroatoms. The number of phosphoric acid groups is 3. The van der Waals surface area contributed by atoms with E-state index in [1.807, 2.05) is 13.8 Å². The van der Waals surface area contributed by atoms with Crippen LogP contribution < -0.4 is 16.4 Å². The molecule has 7 atom stereocenters. The summed E-state index contributed by atoms with van der Waals surface area (Å²) in [5.41, 5.74) is 3.80. The van der Waals surface area contributed by atoms with E-state index in [2.05, 4.69) is 41.3 Å². The van der Waals surface area contributed by atoms with Gasteiger partial charge in [-0.3, -0.25) is 32.5 Å². The van der Waals surface area contributed by atoms with Gasteiger partial charge in [0.05, 0.1) is 19.5 Å². The third-order valence-corrected chi connectivity index (χ3v) is 13.0. The first-order valence-electron chi connectivity index (χ1n) is 17.9. The maximum absolute atomic E-state index is 12.7. The average molecular weight is 908 g/mol. The van der Waals surface area contributed by atoms with Crippen molar-refractivity contribution in [3.8, 4) is 0 Å². The number of ether oxygens (including phenoxy) is 1. The number of carbonyl (C=O) groups excluding carboxylic acids is 3. The van der Waals surface area contributed by atoms with Crippen LogP contribution in [0.2, 0.25) is 0 Å². The molecule has 0 aliphatic carbocycles. The molecule has 1 saturated heterocycles. The number of phosphoric ester groups is 3. The molecular weight excluding hydrogens is 855 g/mol. The maximum atomic E-state index is 12.7. The molecule has 0 saturated carbocycles. The Morgan fingerprint density at radius 1 is 1.02 bits per heavy atom.